The molecule has 0 radical (unpaired) electrons. The van der Waals surface area contributed by atoms with Crippen LogP contribution in [0.15, 0.2) is 24.3 Å². The number of benzene rings is 1. The van der Waals surface area contributed by atoms with E-state index >= 15 is 0 Å². The van der Waals surface area contributed by atoms with Crippen LogP contribution in [0.5, 0.6) is 0 Å². The van der Waals surface area contributed by atoms with E-state index in [1.807, 2.05) is 0 Å². The molecule has 0 aliphatic carbocycles. The molecule has 1 heterocycles. The lowest BCUT2D eigenvalue weighted by Gasteiger charge is -2.32. The highest BCUT2D eigenvalue weighted by Gasteiger charge is 2.27. The van der Waals surface area contributed by atoms with Crippen LogP contribution in [0.25, 0.3) is 0 Å². The van der Waals surface area contributed by atoms with Crippen molar-refractivity contribution in [2.45, 2.75) is 45.3 Å². The van der Waals surface area contributed by atoms with Gasteiger partial charge in [0.15, 0.2) is 0 Å². The fourth-order valence-electron chi connectivity index (χ4n) is 2.76. The second-order valence-electron chi connectivity index (χ2n) is 4.77. The third-order valence-corrected chi connectivity index (χ3v) is 3.56. The van der Waals surface area contributed by atoms with Gasteiger partial charge in [0.25, 0.3) is 0 Å². The molecule has 94 valence electrons. The highest BCUT2D eigenvalue weighted by molar-refractivity contribution is 5.32. The highest BCUT2D eigenvalue weighted by atomic mass is 16.5. The molecule has 2 heteroatoms. The van der Waals surface area contributed by atoms with E-state index in [1.165, 1.54) is 24.0 Å². The number of hydrogen-bond acceptors (Lipinski definition) is 2. The zero-order chi connectivity index (χ0) is 12.1. The molecule has 0 bridgehead atoms. The van der Waals surface area contributed by atoms with Crippen LogP contribution in [0, 0.1) is 0 Å². The van der Waals surface area contributed by atoms with Crippen LogP contribution in [0.4, 0.5) is 0 Å². The standard InChI is InChI=1S/C15H23NO/c1-3-7-15(16-4-2)14-11-17-10-12-8-5-6-9-13(12)14/h5-6,8-9,14-16H,3-4,7,10-11H2,1-2H3. The van der Waals surface area contributed by atoms with E-state index in [-0.39, 0.29) is 0 Å². The van der Waals surface area contributed by atoms with Crippen LogP contribution in [0.3, 0.4) is 0 Å². The zero-order valence-electron chi connectivity index (χ0n) is 10.9. The normalized spacial score (nSPS) is 20.9. The highest BCUT2D eigenvalue weighted by Crippen LogP contribution is 2.30. The number of rotatable bonds is 5. The molecule has 1 N–H and O–H groups in total. The molecule has 0 fully saturated rings. The molecule has 0 aromatic heterocycles. The largest absolute Gasteiger partial charge is 0.376 e. The predicted molar refractivity (Wildman–Crippen MR) is 71.2 cm³/mol. The Morgan fingerprint density at radius 3 is 2.94 bits per heavy atom. The Morgan fingerprint density at radius 2 is 2.18 bits per heavy atom. The molecule has 2 nitrogen and oxygen atoms in total. The summed E-state index contributed by atoms with van der Waals surface area (Å²) in [5, 5.41) is 3.61. The van der Waals surface area contributed by atoms with Gasteiger partial charge in [-0.3, -0.25) is 0 Å². The minimum Gasteiger partial charge on any atom is -0.376 e. The minimum absolute atomic E-state index is 0.514. The van der Waals surface area contributed by atoms with E-state index in [0.29, 0.717) is 12.0 Å². The fourth-order valence-corrected chi connectivity index (χ4v) is 2.76. The summed E-state index contributed by atoms with van der Waals surface area (Å²) in [6.07, 6.45) is 2.44. The molecule has 0 saturated heterocycles. The van der Waals surface area contributed by atoms with E-state index in [0.717, 1.165) is 19.8 Å². The van der Waals surface area contributed by atoms with Crippen molar-refractivity contribution < 1.29 is 4.74 Å². The smallest absolute Gasteiger partial charge is 0.0719 e. The van der Waals surface area contributed by atoms with Gasteiger partial charge in [0.1, 0.15) is 0 Å². The van der Waals surface area contributed by atoms with Crippen LogP contribution in [-0.2, 0) is 11.3 Å². The lowest BCUT2D eigenvalue weighted by atomic mass is 9.85. The Bertz CT molecular complexity index is 345. The Hall–Kier alpha value is -0.860. The molecule has 0 spiro atoms. The second-order valence-corrected chi connectivity index (χ2v) is 4.77. The van der Waals surface area contributed by atoms with Gasteiger partial charge in [-0.25, -0.2) is 0 Å². The molecular formula is C15H23NO. The topological polar surface area (TPSA) is 21.3 Å². The summed E-state index contributed by atoms with van der Waals surface area (Å²) >= 11 is 0. The van der Waals surface area contributed by atoms with Gasteiger partial charge in [0.2, 0.25) is 0 Å². The number of likely N-dealkylation sites (N-methyl/N-ethyl adjacent to an activating group) is 1. The first-order valence-electron chi connectivity index (χ1n) is 6.75. The van der Waals surface area contributed by atoms with Gasteiger partial charge in [-0.1, -0.05) is 44.5 Å². The van der Waals surface area contributed by atoms with Gasteiger partial charge in [-0.05, 0) is 24.1 Å². The summed E-state index contributed by atoms with van der Waals surface area (Å²) in [7, 11) is 0. The van der Waals surface area contributed by atoms with Crippen molar-refractivity contribution in [3.8, 4) is 0 Å². The summed E-state index contributed by atoms with van der Waals surface area (Å²) in [6, 6.07) is 9.25. The van der Waals surface area contributed by atoms with Crippen molar-refractivity contribution in [3.05, 3.63) is 35.4 Å². The van der Waals surface area contributed by atoms with E-state index in [2.05, 4.69) is 43.4 Å². The zero-order valence-corrected chi connectivity index (χ0v) is 10.9. The summed E-state index contributed by atoms with van der Waals surface area (Å²) < 4.78 is 5.74. The van der Waals surface area contributed by atoms with Crippen LogP contribution in [-0.4, -0.2) is 19.2 Å². The van der Waals surface area contributed by atoms with Crippen LogP contribution in [0.2, 0.25) is 0 Å². The summed E-state index contributed by atoms with van der Waals surface area (Å²) in [5.74, 6) is 0.514. The van der Waals surface area contributed by atoms with Crippen molar-refractivity contribution >= 4 is 0 Å². The maximum atomic E-state index is 5.74. The average molecular weight is 233 g/mol. The molecular weight excluding hydrogens is 210 g/mol. The summed E-state index contributed by atoms with van der Waals surface area (Å²) in [5.41, 5.74) is 2.85. The minimum atomic E-state index is 0.514. The Morgan fingerprint density at radius 1 is 1.35 bits per heavy atom. The quantitative estimate of drug-likeness (QED) is 0.844. The SMILES string of the molecule is CCCC(NCC)C1COCc2ccccc21. The van der Waals surface area contributed by atoms with Crippen molar-refractivity contribution in [2.75, 3.05) is 13.2 Å². The van der Waals surface area contributed by atoms with Crippen molar-refractivity contribution in [1.82, 2.24) is 5.32 Å². The summed E-state index contributed by atoms with van der Waals surface area (Å²) in [6.45, 7) is 7.09. The maximum absolute atomic E-state index is 5.74. The number of ether oxygens (including phenoxy) is 1. The molecule has 1 aliphatic rings. The molecule has 2 unspecified atom stereocenters. The van der Waals surface area contributed by atoms with Crippen LogP contribution in [0.1, 0.15) is 43.7 Å². The first-order chi connectivity index (χ1) is 8.36. The van der Waals surface area contributed by atoms with Crippen molar-refractivity contribution in [1.29, 1.82) is 0 Å². The van der Waals surface area contributed by atoms with Crippen molar-refractivity contribution in [3.63, 3.8) is 0 Å². The lowest BCUT2D eigenvalue weighted by Crippen LogP contribution is -2.38. The molecule has 2 rings (SSSR count). The number of hydrogen-bond donors (Lipinski definition) is 1. The molecule has 2 atom stereocenters. The molecule has 1 aromatic rings. The van der Waals surface area contributed by atoms with Gasteiger partial charge in [-0.15, -0.1) is 0 Å². The van der Waals surface area contributed by atoms with E-state index in [4.69, 9.17) is 4.74 Å². The van der Waals surface area contributed by atoms with Gasteiger partial charge in [0.05, 0.1) is 13.2 Å². The molecule has 17 heavy (non-hydrogen) atoms. The third-order valence-electron chi connectivity index (χ3n) is 3.56. The van der Waals surface area contributed by atoms with Gasteiger partial charge in [0, 0.05) is 12.0 Å². The van der Waals surface area contributed by atoms with Gasteiger partial charge >= 0.3 is 0 Å². The molecule has 1 aliphatic heterocycles. The molecule has 0 amide bonds. The number of nitrogens with one attached hydrogen (secondary N) is 1. The van der Waals surface area contributed by atoms with E-state index < -0.39 is 0 Å². The number of fused-ring (bicyclic) bond motifs is 1. The first-order valence-corrected chi connectivity index (χ1v) is 6.75. The van der Waals surface area contributed by atoms with E-state index in [9.17, 15) is 0 Å². The molecule has 0 saturated carbocycles. The monoisotopic (exact) mass is 233 g/mol. The lowest BCUT2D eigenvalue weighted by molar-refractivity contribution is 0.0792. The summed E-state index contributed by atoms with van der Waals surface area (Å²) in [4.78, 5) is 0. The van der Waals surface area contributed by atoms with Gasteiger partial charge in [-0.2, -0.15) is 0 Å². The van der Waals surface area contributed by atoms with E-state index in [1.54, 1.807) is 0 Å². The Balaban J connectivity index is 2.20. The maximum Gasteiger partial charge on any atom is 0.0719 e. The van der Waals surface area contributed by atoms with Gasteiger partial charge < -0.3 is 10.1 Å². The van der Waals surface area contributed by atoms with Crippen LogP contribution >= 0.6 is 0 Å². The average Bonchev–Trinajstić information content (AvgIpc) is 2.38. The first kappa shape index (κ1) is 12.6. The second kappa shape index (κ2) is 6.18. The fraction of sp³-hybridized carbons (Fsp3) is 0.600. The Labute approximate surface area is 104 Å². The Kier molecular flexibility index (Phi) is 4.57. The van der Waals surface area contributed by atoms with Crippen molar-refractivity contribution in [2.24, 2.45) is 0 Å². The molecule has 1 aromatic carbocycles. The predicted octanol–water partition coefficient (Wildman–Crippen LogP) is 3.08. The van der Waals surface area contributed by atoms with Crippen LogP contribution < -0.4 is 5.32 Å². The third kappa shape index (κ3) is 2.88.